The number of aromatic nitrogens is 1. The number of carbonyl (C=O) groups excluding carboxylic acids is 1. The Morgan fingerprint density at radius 1 is 1.43 bits per heavy atom. The second-order valence-electron chi connectivity index (χ2n) is 2.98. The van der Waals surface area contributed by atoms with E-state index in [1.807, 2.05) is 29.8 Å². The van der Waals surface area contributed by atoms with E-state index in [2.05, 4.69) is 4.98 Å². The maximum atomic E-state index is 11.9. The zero-order valence-electron chi connectivity index (χ0n) is 7.73. The summed E-state index contributed by atoms with van der Waals surface area (Å²) in [5, 5.41) is 3.76. The molecule has 0 saturated carbocycles. The van der Waals surface area contributed by atoms with Crippen molar-refractivity contribution in [2.45, 2.75) is 6.92 Å². The van der Waals surface area contributed by atoms with Gasteiger partial charge >= 0.3 is 0 Å². The summed E-state index contributed by atoms with van der Waals surface area (Å²) in [5.41, 5.74) is 2.21. The molecule has 0 radical (unpaired) electrons. The maximum absolute atomic E-state index is 11.9. The fourth-order valence-corrected chi connectivity index (χ4v) is 1.91. The molecule has 0 aliphatic heterocycles. The van der Waals surface area contributed by atoms with Gasteiger partial charge in [-0.3, -0.25) is 9.78 Å². The van der Waals surface area contributed by atoms with Gasteiger partial charge in [0.2, 0.25) is 0 Å². The largest absolute Gasteiger partial charge is 0.289 e. The molecule has 2 rings (SSSR count). The number of hydrogen-bond donors (Lipinski definition) is 0. The minimum atomic E-state index is 0.0526. The van der Waals surface area contributed by atoms with Crippen LogP contribution in [-0.2, 0) is 0 Å². The second kappa shape index (κ2) is 3.72. The third-order valence-corrected chi connectivity index (χ3v) is 2.72. The Morgan fingerprint density at radius 3 is 2.93 bits per heavy atom. The Hall–Kier alpha value is -1.48. The van der Waals surface area contributed by atoms with E-state index in [0.29, 0.717) is 5.56 Å². The molecule has 2 aromatic rings. The van der Waals surface area contributed by atoms with E-state index in [1.165, 1.54) is 11.3 Å². The van der Waals surface area contributed by atoms with Crippen LogP contribution in [0, 0.1) is 6.92 Å². The molecule has 0 saturated heterocycles. The summed E-state index contributed by atoms with van der Waals surface area (Å²) in [5.74, 6) is 0.0526. The van der Waals surface area contributed by atoms with Crippen LogP contribution in [0.5, 0.6) is 0 Å². The molecule has 0 aromatic carbocycles. The predicted octanol–water partition coefficient (Wildman–Crippen LogP) is 2.68. The third kappa shape index (κ3) is 1.59. The third-order valence-electron chi connectivity index (χ3n) is 2.03. The van der Waals surface area contributed by atoms with E-state index in [0.717, 1.165) is 11.3 Å². The first-order valence-electron chi connectivity index (χ1n) is 4.27. The van der Waals surface area contributed by atoms with Crippen LogP contribution in [0.3, 0.4) is 0 Å². The fourth-order valence-electron chi connectivity index (χ4n) is 1.27. The smallest absolute Gasteiger partial charge is 0.195 e. The molecule has 3 heteroatoms. The maximum Gasteiger partial charge on any atom is 0.195 e. The molecule has 0 amide bonds. The Kier molecular flexibility index (Phi) is 2.41. The summed E-state index contributed by atoms with van der Waals surface area (Å²) in [6.07, 6.45) is 1.69. The first-order valence-corrected chi connectivity index (χ1v) is 5.22. The van der Waals surface area contributed by atoms with Crippen LogP contribution < -0.4 is 0 Å². The number of pyridine rings is 1. The van der Waals surface area contributed by atoms with Crippen molar-refractivity contribution < 1.29 is 4.79 Å². The van der Waals surface area contributed by atoms with E-state index in [-0.39, 0.29) is 5.78 Å². The molecule has 0 aliphatic carbocycles. The lowest BCUT2D eigenvalue weighted by Crippen LogP contribution is -2.03. The van der Waals surface area contributed by atoms with Gasteiger partial charge in [0.05, 0.1) is 0 Å². The Labute approximate surface area is 86.2 Å². The highest BCUT2D eigenvalue weighted by Gasteiger charge is 2.11. The van der Waals surface area contributed by atoms with Gasteiger partial charge in [0.25, 0.3) is 0 Å². The SMILES string of the molecule is Cc1ncccc1C(=O)c1ccsc1. The van der Waals surface area contributed by atoms with Crippen LogP contribution in [0.15, 0.2) is 35.2 Å². The lowest BCUT2D eigenvalue weighted by molar-refractivity contribution is 0.103. The number of aryl methyl sites for hydroxylation is 1. The van der Waals surface area contributed by atoms with Crippen LogP contribution in [0.2, 0.25) is 0 Å². The van der Waals surface area contributed by atoms with Crippen LogP contribution in [0.4, 0.5) is 0 Å². The highest BCUT2D eigenvalue weighted by atomic mass is 32.1. The minimum Gasteiger partial charge on any atom is -0.289 e. The van der Waals surface area contributed by atoms with E-state index in [9.17, 15) is 4.79 Å². The monoisotopic (exact) mass is 203 g/mol. The average Bonchev–Trinajstić information content (AvgIpc) is 2.70. The lowest BCUT2D eigenvalue weighted by atomic mass is 10.1. The summed E-state index contributed by atoms with van der Waals surface area (Å²) >= 11 is 1.53. The molecule has 70 valence electrons. The Morgan fingerprint density at radius 2 is 2.29 bits per heavy atom. The molecule has 0 N–H and O–H groups in total. The predicted molar refractivity (Wildman–Crippen MR) is 56.7 cm³/mol. The molecule has 0 aliphatic rings. The van der Waals surface area contributed by atoms with Crippen molar-refractivity contribution in [3.8, 4) is 0 Å². The first-order chi connectivity index (χ1) is 6.79. The normalized spacial score (nSPS) is 10.1. The minimum absolute atomic E-state index is 0.0526. The van der Waals surface area contributed by atoms with Crippen LogP contribution in [-0.4, -0.2) is 10.8 Å². The van der Waals surface area contributed by atoms with Gasteiger partial charge in [0.15, 0.2) is 5.78 Å². The summed E-state index contributed by atoms with van der Waals surface area (Å²) in [7, 11) is 0. The van der Waals surface area contributed by atoms with Crippen molar-refractivity contribution >= 4 is 17.1 Å². The quantitative estimate of drug-likeness (QED) is 0.702. The van der Waals surface area contributed by atoms with E-state index < -0.39 is 0 Å². The number of carbonyl (C=O) groups is 1. The van der Waals surface area contributed by atoms with Crippen molar-refractivity contribution in [3.05, 3.63) is 52.0 Å². The van der Waals surface area contributed by atoms with Crippen molar-refractivity contribution in [2.75, 3.05) is 0 Å². The zero-order valence-corrected chi connectivity index (χ0v) is 8.54. The average molecular weight is 203 g/mol. The van der Waals surface area contributed by atoms with Gasteiger partial charge in [0.1, 0.15) is 0 Å². The van der Waals surface area contributed by atoms with Gasteiger partial charge in [-0.05, 0) is 30.5 Å². The van der Waals surface area contributed by atoms with Crippen molar-refractivity contribution in [3.63, 3.8) is 0 Å². The van der Waals surface area contributed by atoms with Crippen molar-refractivity contribution in [2.24, 2.45) is 0 Å². The van der Waals surface area contributed by atoms with Gasteiger partial charge in [0, 0.05) is 28.4 Å². The molecule has 2 aromatic heterocycles. The van der Waals surface area contributed by atoms with Crippen LogP contribution in [0.25, 0.3) is 0 Å². The number of nitrogens with zero attached hydrogens (tertiary/aromatic N) is 1. The van der Waals surface area contributed by atoms with Crippen LogP contribution in [0.1, 0.15) is 21.6 Å². The molecular formula is C11H9NOS. The number of hydrogen-bond acceptors (Lipinski definition) is 3. The van der Waals surface area contributed by atoms with Gasteiger partial charge in [-0.1, -0.05) is 0 Å². The molecular weight excluding hydrogens is 194 g/mol. The molecule has 0 spiro atoms. The number of thiophene rings is 1. The first kappa shape index (κ1) is 9.09. The summed E-state index contributed by atoms with van der Waals surface area (Å²) < 4.78 is 0. The molecule has 0 atom stereocenters. The van der Waals surface area contributed by atoms with Gasteiger partial charge in [-0.15, -0.1) is 0 Å². The molecule has 0 unspecified atom stereocenters. The summed E-state index contributed by atoms with van der Waals surface area (Å²) in [6.45, 7) is 1.85. The summed E-state index contributed by atoms with van der Waals surface area (Å²) in [4.78, 5) is 16.0. The standard InChI is InChI=1S/C11H9NOS/c1-8-10(3-2-5-12-8)11(13)9-4-6-14-7-9/h2-7H,1H3. The van der Waals surface area contributed by atoms with Gasteiger partial charge in [-0.25, -0.2) is 0 Å². The second-order valence-corrected chi connectivity index (χ2v) is 3.76. The summed E-state index contributed by atoms with van der Waals surface area (Å²) in [6, 6.07) is 5.42. The lowest BCUT2D eigenvalue weighted by Gasteiger charge is -2.00. The van der Waals surface area contributed by atoms with E-state index in [1.54, 1.807) is 12.3 Å². The molecule has 0 bridgehead atoms. The van der Waals surface area contributed by atoms with Crippen molar-refractivity contribution in [1.82, 2.24) is 4.98 Å². The number of ketones is 1. The Bertz CT molecular complexity index is 448. The van der Waals surface area contributed by atoms with Crippen LogP contribution >= 0.6 is 11.3 Å². The van der Waals surface area contributed by atoms with Gasteiger partial charge in [-0.2, -0.15) is 11.3 Å². The fraction of sp³-hybridized carbons (Fsp3) is 0.0909. The Balaban J connectivity index is 2.42. The molecule has 2 nitrogen and oxygen atoms in total. The molecule has 2 heterocycles. The van der Waals surface area contributed by atoms with E-state index >= 15 is 0 Å². The van der Waals surface area contributed by atoms with E-state index in [4.69, 9.17) is 0 Å². The molecule has 14 heavy (non-hydrogen) atoms. The van der Waals surface area contributed by atoms with Crippen molar-refractivity contribution in [1.29, 1.82) is 0 Å². The topological polar surface area (TPSA) is 30.0 Å². The highest BCUT2D eigenvalue weighted by Crippen LogP contribution is 2.14. The zero-order chi connectivity index (χ0) is 9.97. The number of rotatable bonds is 2. The van der Waals surface area contributed by atoms with Gasteiger partial charge < -0.3 is 0 Å². The molecule has 0 fully saturated rings. The highest BCUT2D eigenvalue weighted by molar-refractivity contribution is 7.08.